The maximum absolute atomic E-state index is 2.23. The zero-order valence-corrected chi connectivity index (χ0v) is 8.83. The van der Waals surface area contributed by atoms with Gasteiger partial charge in [-0.3, -0.25) is 0 Å². The second-order valence-corrected chi connectivity index (χ2v) is 1.71. The van der Waals surface area contributed by atoms with Crippen LogP contribution in [0.3, 0.4) is 0 Å². The summed E-state index contributed by atoms with van der Waals surface area (Å²) >= 11 is 0. The Morgan fingerprint density at radius 2 is 0.900 bits per heavy atom. The zero-order chi connectivity index (χ0) is 4.83. The summed E-state index contributed by atoms with van der Waals surface area (Å²) in [6.07, 6.45) is 5.54. The van der Waals surface area contributed by atoms with Gasteiger partial charge in [0, 0.05) is 0 Å². The third kappa shape index (κ3) is 31.5. The predicted octanol–water partition coefficient (Wildman–Crippen LogP) is -8.95. The summed E-state index contributed by atoms with van der Waals surface area (Å²) in [6.45, 7) is 4.46. The van der Waals surface area contributed by atoms with Gasteiger partial charge in [0.25, 0.3) is 0 Å². The maximum Gasteiger partial charge on any atom is 1.00 e. The fraction of sp³-hybridized carbons (Fsp3) is 1.00. The van der Waals surface area contributed by atoms with E-state index < -0.39 is 0 Å². The van der Waals surface area contributed by atoms with Crippen LogP contribution in [0.4, 0.5) is 0 Å². The van der Waals surface area contributed by atoms with Gasteiger partial charge < -0.3 is 5.71 Å². The minimum Gasteiger partial charge on any atom is -1.00 e. The Morgan fingerprint density at radius 1 is 0.700 bits per heavy atom. The summed E-state index contributed by atoms with van der Waals surface area (Å²) < 4.78 is 0. The molecule has 0 aliphatic heterocycles. The van der Waals surface area contributed by atoms with Crippen molar-refractivity contribution < 1.29 is 81.1 Å². The van der Waals surface area contributed by atoms with Gasteiger partial charge in [-0.1, -0.05) is 39.5 Å². The molecule has 0 aromatic rings. The molecule has 0 amide bonds. The van der Waals surface area contributed by atoms with Gasteiger partial charge in [0.1, 0.15) is 0 Å². The summed E-state index contributed by atoms with van der Waals surface area (Å²) in [5, 5.41) is 0. The van der Waals surface area contributed by atoms with Crippen molar-refractivity contribution in [2.45, 2.75) is 39.5 Å². The Kier molecular flexibility index (Phi) is 88.6. The van der Waals surface area contributed by atoms with Gasteiger partial charge in [-0.05, 0) is 0 Å². The average Bonchev–Trinajstić information content (AvgIpc) is 1.61. The first-order valence-corrected chi connectivity index (χ1v) is 2.91. The molecule has 0 spiro atoms. The molecule has 0 aliphatic rings. The predicted molar refractivity (Wildman–Crippen MR) is 34.3 cm³/mol. The maximum atomic E-state index is 2.23. The number of rotatable bonds is 3. The summed E-state index contributed by atoms with van der Waals surface area (Å²) in [5.74, 6) is 0. The number of hydrogen-bond acceptors (Lipinski definition) is 0. The summed E-state index contributed by atoms with van der Waals surface area (Å²) in [4.78, 5) is 0. The molecule has 0 atom stereocenters. The normalized spacial score (nSPS) is 5.40. The standard InChI is InChI=1S/C6H14.4Li.4H/c1-3-5-6-4-2;;;;;;;;/h3-6H2,1-2H3;;;;;;;;/q;4*+1;4*-1. The fourth-order valence-corrected chi connectivity index (χ4v) is 0.500. The largest absolute Gasteiger partial charge is 1.00 e. The molecule has 0 saturated carbocycles. The van der Waals surface area contributed by atoms with Crippen molar-refractivity contribution in [2.75, 3.05) is 0 Å². The topological polar surface area (TPSA) is 0 Å². The van der Waals surface area contributed by atoms with Crippen LogP contribution in [-0.2, 0) is 0 Å². The SMILES string of the molecule is CCCCCC.[H-].[H-].[H-].[H-].[Li+].[Li+].[Li+].[Li+]. The number of unbranched alkanes of at least 4 members (excludes halogenated alkanes) is 3. The second-order valence-electron chi connectivity index (χ2n) is 1.71. The molecule has 0 aliphatic carbocycles. The van der Waals surface area contributed by atoms with Crippen LogP contribution in [0.15, 0.2) is 0 Å². The van der Waals surface area contributed by atoms with E-state index in [9.17, 15) is 0 Å². The van der Waals surface area contributed by atoms with Crippen LogP contribution in [0.5, 0.6) is 0 Å². The molecule has 0 N–H and O–H groups in total. The Balaban J connectivity index is -0.00000000446. The van der Waals surface area contributed by atoms with Crippen molar-refractivity contribution in [3.8, 4) is 0 Å². The molecule has 0 nitrogen and oxygen atoms in total. The fourth-order valence-electron chi connectivity index (χ4n) is 0.500. The monoisotopic (exact) mass is 118 g/mol. The van der Waals surface area contributed by atoms with E-state index in [0.717, 1.165) is 0 Å². The minimum atomic E-state index is 0. The van der Waals surface area contributed by atoms with Gasteiger partial charge in [0.15, 0.2) is 0 Å². The Bertz CT molecular complexity index is 33.8. The molecule has 0 fully saturated rings. The van der Waals surface area contributed by atoms with E-state index in [-0.39, 0.29) is 81.1 Å². The first-order valence-electron chi connectivity index (χ1n) is 2.91. The van der Waals surface area contributed by atoms with Crippen LogP contribution in [-0.4, -0.2) is 0 Å². The van der Waals surface area contributed by atoms with Crippen molar-refractivity contribution in [1.29, 1.82) is 0 Å². The third-order valence-electron chi connectivity index (χ3n) is 0.957. The van der Waals surface area contributed by atoms with E-state index >= 15 is 0 Å². The molecule has 0 unspecified atom stereocenters. The van der Waals surface area contributed by atoms with Crippen LogP contribution >= 0.6 is 0 Å². The summed E-state index contributed by atoms with van der Waals surface area (Å²) in [5.41, 5.74) is 0. The van der Waals surface area contributed by atoms with Crippen molar-refractivity contribution >= 4 is 0 Å². The quantitative estimate of drug-likeness (QED) is 0.255. The van der Waals surface area contributed by atoms with E-state index in [2.05, 4.69) is 13.8 Å². The van der Waals surface area contributed by atoms with Crippen LogP contribution in [0.1, 0.15) is 45.2 Å². The first kappa shape index (κ1) is 29.4. The van der Waals surface area contributed by atoms with Crippen molar-refractivity contribution in [1.82, 2.24) is 0 Å². The zero-order valence-electron chi connectivity index (χ0n) is 12.8. The van der Waals surface area contributed by atoms with E-state index in [1.54, 1.807) is 0 Å². The minimum absolute atomic E-state index is 0. The molecule has 0 bridgehead atoms. The average molecular weight is 118 g/mol. The van der Waals surface area contributed by atoms with E-state index in [1.165, 1.54) is 25.7 Å². The van der Waals surface area contributed by atoms with Crippen LogP contribution in [0.25, 0.3) is 0 Å². The van der Waals surface area contributed by atoms with Gasteiger partial charge in [-0.2, -0.15) is 0 Å². The Hall–Kier alpha value is 2.39. The molecule has 0 aromatic carbocycles. The summed E-state index contributed by atoms with van der Waals surface area (Å²) in [7, 11) is 0. The second kappa shape index (κ2) is 30.1. The number of hydrogen-bond donors (Lipinski definition) is 0. The van der Waals surface area contributed by atoms with Crippen LogP contribution in [0.2, 0.25) is 0 Å². The molecule has 46 valence electrons. The Labute approximate surface area is 120 Å². The van der Waals surface area contributed by atoms with Crippen molar-refractivity contribution in [2.24, 2.45) is 0 Å². The molecule has 4 heteroatoms. The van der Waals surface area contributed by atoms with Gasteiger partial charge in [0.05, 0.1) is 0 Å². The molecular weight excluding hydrogens is 99.8 g/mol. The van der Waals surface area contributed by atoms with E-state index in [1.807, 2.05) is 0 Å². The molecule has 0 rings (SSSR count). The third-order valence-corrected chi connectivity index (χ3v) is 0.957. The van der Waals surface area contributed by atoms with Crippen molar-refractivity contribution in [3.05, 3.63) is 0 Å². The van der Waals surface area contributed by atoms with Gasteiger partial charge in [-0.15, -0.1) is 0 Å². The molecule has 10 heavy (non-hydrogen) atoms. The van der Waals surface area contributed by atoms with Gasteiger partial charge >= 0.3 is 75.4 Å². The van der Waals surface area contributed by atoms with Crippen LogP contribution in [0, 0.1) is 0 Å². The molecule has 0 saturated heterocycles. The molecule has 0 aromatic heterocycles. The van der Waals surface area contributed by atoms with Gasteiger partial charge in [-0.25, -0.2) is 0 Å². The van der Waals surface area contributed by atoms with E-state index in [0.29, 0.717) is 0 Å². The molecule has 0 heterocycles. The van der Waals surface area contributed by atoms with Gasteiger partial charge in [0.2, 0.25) is 0 Å². The first-order chi connectivity index (χ1) is 2.91. The smallest absolute Gasteiger partial charge is 1.00 e. The summed E-state index contributed by atoms with van der Waals surface area (Å²) in [6, 6.07) is 0. The van der Waals surface area contributed by atoms with E-state index in [4.69, 9.17) is 0 Å². The molecule has 0 radical (unpaired) electrons. The molecular formula is C6H18Li4. The Morgan fingerprint density at radius 3 is 1.00 bits per heavy atom. The van der Waals surface area contributed by atoms with Crippen molar-refractivity contribution in [3.63, 3.8) is 0 Å². The van der Waals surface area contributed by atoms with Crippen LogP contribution < -0.4 is 75.4 Å².